The van der Waals surface area contributed by atoms with Crippen LogP contribution in [0, 0.1) is 5.92 Å². The topological polar surface area (TPSA) is 75.8 Å². The summed E-state index contributed by atoms with van der Waals surface area (Å²) in [5.74, 6) is 0.570. The van der Waals surface area contributed by atoms with Gasteiger partial charge in [-0.05, 0) is 12.5 Å². The van der Waals surface area contributed by atoms with Crippen LogP contribution in [0.2, 0.25) is 0 Å². The van der Waals surface area contributed by atoms with Gasteiger partial charge in [0.25, 0.3) is 0 Å². The molecule has 20 heavy (non-hydrogen) atoms. The third-order valence-corrected chi connectivity index (χ3v) is 3.59. The predicted molar refractivity (Wildman–Crippen MR) is 78.0 cm³/mol. The number of hydrogen-bond donors (Lipinski definition) is 2. The van der Waals surface area contributed by atoms with Crippen LogP contribution in [0.15, 0.2) is 18.7 Å². The van der Waals surface area contributed by atoms with Crippen molar-refractivity contribution in [3.05, 3.63) is 29.8 Å². The third-order valence-electron chi connectivity index (χ3n) is 3.59. The fourth-order valence-electron chi connectivity index (χ4n) is 2.56. The maximum absolute atomic E-state index is 12.1. The summed E-state index contributed by atoms with van der Waals surface area (Å²) in [4.78, 5) is 13.7. The Kier molecular flexibility index (Phi) is 3.99. The Morgan fingerprint density at radius 3 is 2.95 bits per heavy atom. The second-order valence-corrected chi connectivity index (χ2v) is 5.02. The first-order valence-corrected chi connectivity index (χ1v) is 6.60. The van der Waals surface area contributed by atoms with Crippen LogP contribution in [0.1, 0.15) is 18.1 Å². The molecule has 0 saturated heterocycles. The standard InChI is InChI=1S/C15H20N2O3/c1-4-5-20-12-7-10(8-16)14(18)11-6-9(2)15(19)17(3)13(11)12/h4,7,9,18H,1,5-6,8,16H2,2-3H3. The van der Waals surface area contributed by atoms with E-state index in [9.17, 15) is 9.90 Å². The van der Waals surface area contributed by atoms with Crippen molar-refractivity contribution in [2.45, 2.75) is 19.9 Å². The van der Waals surface area contributed by atoms with Crippen LogP contribution in [-0.4, -0.2) is 24.7 Å². The van der Waals surface area contributed by atoms with Crippen LogP contribution in [0.5, 0.6) is 11.5 Å². The predicted octanol–water partition coefficient (Wildman–Crippen LogP) is 1.57. The summed E-state index contributed by atoms with van der Waals surface area (Å²) in [7, 11) is 1.69. The average Bonchev–Trinajstić information content (AvgIpc) is 2.44. The minimum atomic E-state index is -0.168. The second-order valence-electron chi connectivity index (χ2n) is 5.02. The van der Waals surface area contributed by atoms with E-state index >= 15 is 0 Å². The normalized spacial score (nSPS) is 17.9. The lowest BCUT2D eigenvalue weighted by Crippen LogP contribution is -2.37. The van der Waals surface area contributed by atoms with Gasteiger partial charge in [0.2, 0.25) is 5.91 Å². The van der Waals surface area contributed by atoms with E-state index in [1.807, 2.05) is 6.92 Å². The maximum Gasteiger partial charge on any atom is 0.230 e. The number of rotatable bonds is 4. The van der Waals surface area contributed by atoms with E-state index in [2.05, 4.69) is 6.58 Å². The van der Waals surface area contributed by atoms with E-state index in [1.54, 1.807) is 24.1 Å². The molecule has 3 N–H and O–H groups in total. The molecule has 0 radical (unpaired) electrons. The van der Waals surface area contributed by atoms with E-state index in [0.717, 1.165) is 5.56 Å². The quantitative estimate of drug-likeness (QED) is 0.818. The molecule has 1 aromatic carbocycles. The Morgan fingerprint density at radius 2 is 2.35 bits per heavy atom. The maximum atomic E-state index is 12.1. The first-order chi connectivity index (χ1) is 9.51. The fraction of sp³-hybridized carbons (Fsp3) is 0.400. The van der Waals surface area contributed by atoms with Gasteiger partial charge in [0, 0.05) is 30.6 Å². The van der Waals surface area contributed by atoms with Crippen molar-refractivity contribution in [1.82, 2.24) is 0 Å². The number of fused-ring (bicyclic) bond motifs is 1. The molecule has 0 fully saturated rings. The number of nitrogens with zero attached hydrogens (tertiary/aromatic N) is 1. The summed E-state index contributed by atoms with van der Waals surface area (Å²) in [6, 6.07) is 1.69. The zero-order chi connectivity index (χ0) is 14.9. The van der Waals surface area contributed by atoms with Crippen molar-refractivity contribution in [1.29, 1.82) is 0 Å². The highest BCUT2D eigenvalue weighted by atomic mass is 16.5. The molecule has 1 aromatic rings. The minimum absolute atomic E-state index is 0.0147. The van der Waals surface area contributed by atoms with Crippen molar-refractivity contribution in [3.63, 3.8) is 0 Å². The highest BCUT2D eigenvalue weighted by molar-refractivity contribution is 5.99. The van der Waals surface area contributed by atoms with E-state index in [-0.39, 0.29) is 24.1 Å². The molecule has 0 aromatic heterocycles. The van der Waals surface area contributed by atoms with Crippen LogP contribution in [0.3, 0.4) is 0 Å². The van der Waals surface area contributed by atoms with Gasteiger partial charge in [-0.25, -0.2) is 0 Å². The summed E-state index contributed by atoms with van der Waals surface area (Å²) in [5, 5.41) is 10.3. The minimum Gasteiger partial charge on any atom is -0.507 e. The summed E-state index contributed by atoms with van der Waals surface area (Å²) in [5.41, 5.74) is 7.64. The average molecular weight is 276 g/mol. The molecule has 1 aliphatic heterocycles. The largest absolute Gasteiger partial charge is 0.507 e. The molecule has 0 bridgehead atoms. The first kappa shape index (κ1) is 14.4. The molecule has 1 aliphatic rings. The summed E-state index contributed by atoms with van der Waals surface area (Å²) < 4.78 is 5.63. The Morgan fingerprint density at radius 1 is 1.65 bits per heavy atom. The van der Waals surface area contributed by atoms with Crippen molar-refractivity contribution in [3.8, 4) is 11.5 Å². The van der Waals surface area contributed by atoms with Crippen LogP contribution in [0.4, 0.5) is 5.69 Å². The summed E-state index contributed by atoms with van der Waals surface area (Å²) in [6.45, 7) is 6.01. The highest BCUT2D eigenvalue weighted by Crippen LogP contribution is 2.44. The second kappa shape index (κ2) is 5.54. The SMILES string of the molecule is C=CCOc1cc(CN)c(O)c2c1N(C)C(=O)C(C)C2. The monoisotopic (exact) mass is 276 g/mol. The Labute approximate surface area is 118 Å². The molecular weight excluding hydrogens is 256 g/mol. The molecule has 0 saturated carbocycles. The van der Waals surface area contributed by atoms with Crippen molar-refractivity contribution in [2.75, 3.05) is 18.6 Å². The molecular formula is C15H20N2O3. The Hall–Kier alpha value is -2.01. The number of amides is 1. The van der Waals surface area contributed by atoms with Crippen LogP contribution in [0.25, 0.3) is 0 Å². The molecule has 0 aliphatic carbocycles. The number of phenolic OH excluding ortho intramolecular Hbond substituents is 1. The van der Waals surface area contributed by atoms with Crippen LogP contribution < -0.4 is 15.4 Å². The third kappa shape index (κ3) is 2.25. The van der Waals surface area contributed by atoms with Crippen LogP contribution in [-0.2, 0) is 17.8 Å². The lowest BCUT2D eigenvalue weighted by Gasteiger charge is -2.32. The summed E-state index contributed by atoms with van der Waals surface area (Å²) in [6.07, 6.45) is 2.12. The molecule has 2 rings (SSSR count). The van der Waals surface area contributed by atoms with Gasteiger partial charge in [-0.15, -0.1) is 0 Å². The number of carbonyl (C=O) groups is 1. The number of carbonyl (C=O) groups excluding carboxylic acids is 1. The van der Waals surface area contributed by atoms with Gasteiger partial charge < -0.3 is 20.5 Å². The fourth-order valence-corrected chi connectivity index (χ4v) is 2.56. The molecule has 1 atom stereocenters. The van der Waals surface area contributed by atoms with Gasteiger partial charge >= 0.3 is 0 Å². The smallest absolute Gasteiger partial charge is 0.230 e. The lowest BCUT2D eigenvalue weighted by molar-refractivity contribution is -0.122. The molecule has 108 valence electrons. The van der Waals surface area contributed by atoms with Crippen molar-refractivity contribution < 1.29 is 14.6 Å². The molecule has 1 amide bonds. The zero-order valence-electron chi connectivity index (χ0n) is 11.8. The van der Waals surface area contributed by atoms with Gasteiger partial charge in [0.15, 0.2) is 0 Å². The number of benzene rings is 1. The van der Waals surface area contributed by atoms with E-state index in [1.165, 1.54) is 0 Å². The molecule has 5 heteroatoms. The first-order valence-electron chi connectivity index (χ1n) is 6.60. The Bertz CT molecular complexity index is 555. The van der Waals surface area contributed by atoms with Crippen molar-refractivity contribution in [2.24, 2.45) is 11.7 Å². The zero-order valence-corrected chi connectivity index (χ0v) is 11.8. The van der Waals surface area contributed by atoms with E-state index in [0.29, 0.717) is 30.0 Å². The number of nitrogens with two attached hydrogens (primary N) is 1. The number of aromatic hydroxyl groups is 1. The van der Waals surface area contributed by atoms with E-state index in [4.69, 9.17) is 10.5 Å². The van der Waals surface area contributed by atoms with Gasteiger partial charge in [0.05, 0.1) is 5.69 Å². The van der Waals surface area contributed by atoms with E-state index < -0.39 is 0 Å². The molecule has 1 heterocycles. The van der Waals surface area contributed by atoms with Gasteiger partial charge in [-0.3, -0.25) is 4.79 Å². The van der Waals surface area contributed by atoms with Gasteiger partial charge in [-0.2, -0.15) is 0 Å². The van der Waals surface area contributed by atoms with Gasteiger partial charge in [0.1, 0.15) is 18.1 Å². The number of hydrogen-bond acceptors (Lipinski definition) is 4. The van der Waals surface area contributed by atoms with Crippen molar-refractivity contribution >= 4 is 11.6 Å². The van der Waals surface area contributed by atoms with Gasteiger partial charge in [-0.1, -0.05) is 19.6 Å². The Balaban J connectivity index is 2.61. The lowest BCUT2D eigenvalue weighted by atomic mass is 9.90. The molecule has 5 nitrogen and oxygen atoms in total. The summed E-state index contributed by atoms with van der Waals surface area (Å²) >= 11 is 0. The molecule has 0 spiro atoms. The highest BCUT2D eigenvalue weighted by Gasteiger charge is 2.33. The molecule has 1 unspecified atom stereocenters. The number of anilines is 1. The number of ether oxygens (including phenoxy) is 1. The number of phenols is 1. The van der Waals surface area contributed by atoms with Crippen LogP contribution >= 0.6 is 0 Å².